The van der Waals surface area contributed by atoms with Crippen molar-refractivity contribution >= 4 is 21.6 Å². The number of piperidine rings is 1. The predicted octanol–water partition coefficient (Wildman–Crippen LogP) is 2.00. The van der Waals surface area contributed by atoms with Crippen LogP contribution in [0.15, 0.2) is 18.2 Å². The number of amides is 1. The standard InChI is InChI=1S/C19H29N3O3S/c1-15-6-3-4-11-21(15)12-5-10-20-19(23)17-7-8-18-16(14-17)9-13-22(18)26(2,24)25/h7-8,14-15H,3-6,9-13H2,1-2H3,(H,20,23). The van der Waals surface area contributed by atoms with E-state index >= 15 is 0 Å². The average molecular weight is 380 g/mol. The minimum absolute atomic E-state index is 0.0858. The molecule has 1 fully saturated rings. The van der Waals surface area contributed by atoms with Gasteiger partial charge in [-0.05, 0) is 62.9 Å². The highest BCUT2D eigenvalue weighted by Gasteiger charge is 2.26. The van der Waals surface area contributed by atoms with Crippen molar-refractivity contribution in [3.63, 3.8) is 0 Å². The minimum Gasteiger partial charge on any atom is -0.352 e. The third-order valence-corrected chi connectivity index (χ3v) is 6.62. The van der Waals surface area contributed by atoms with E-state index in [0.717, 1.165) is 25.1 Å². The Morgan fingerprint density at radius 3 is 2.81 bits per heavy atom. The molecule has 0 saturated carbocycles. The van der Waals surface area contributed by atoms with Crippen LogP contribution in [0.2, 0.25) is 0 Å². The maximum absolute atomic E-state index is 12.4. The fourth-order valence-electron chi connectivity index (χ4n) is 3.93. The number of nitrogens with one attached hydrogen (secondary N) is 1. The van der Waals surface area contributed by atoms with Gasteiger partial charge in [-0.15, -0.1) is 0 Å². The summed E-state index contributed by atoms with van der Waals surface area (Å²) in [4.78, 5) is 14.9. The summed E-state index contributed by atoms with van der Waals surface area (Å²) in [7, 11) is -3.25. The lowest BCUT2D eigenvalue weighted by atomic mass is 10.0. The molecule has 2 heterocycles. The molecule has 1 unspecified atom stereocenters. The zero-order chi connectivity index (χ0) is 18.7. The Hall–Kier alpha value is -1.60. The number of carbonyl (C=O) groups is 1. The number of likely N-dealkylation sites (tertiary alicyclic amines) is 1. The van der Waals surface area contributed by atoms with Gasteiger partial charge >= 0.3 is 0 Å². The molecule has 144 valence electrons. The Labute approximate surface area is 156 Å². The highest BCUT2D eigenvalue weighted by molar-refractivity contribution is 7.92. The van der Waals surface area contributed by atoms with E-state index in [1.807, 2.05) is 6.07 Å². The van der Waals surface area contributed by atoms with Crippen LogP contribution in [0.5, 0.6) is 0 Å². The van der Waals surface area contributed by atoms with Crippen molar-refractivity contribution in [3.05, 3.63) is 29.3 Å². The molecule has 0 aliphatic carbocycles. The summed E-state index contributed by atoms with van der Waals surface area (Å²) in [5, 5.41) is 2.99. The van der Waals surface area contributed by atoms with Crippen molar-refractivity contribution in [1.82, 2.24) is 10.2 Å². The molecule has 0 aromatic heterocycles. The molecular weight excluding hydrogens is 350 g/mol. The smallest absolute Gasteiger partial charge is 0.251 e. The van der Waals surface area contributed by atoms with E-state index < -0.39 is 10.0 Å². The molecule has 0 radical (unpaired) electrons. The van der Waals surface area contributed by atoms with Crippen molar-refractivity contribution in [3.8, 4) is 0 Å². The maximum atomic E-state index is 12.4. The van der Waals surface area contributed by atoms with Crippen molar-refractivity contribution in [2.75, 3.05) is 36.7 Å². The number of hydrogen-bond donors (Lipinski definition) is 1. The number of nitrogens with zero attached hydrogens (tertiary/aromatic N) is 2. The van der Waals surface area contributed by atoms with Crippen LogP contribution < -0.4 is 9.62 Å². The Kier molecular flexibility index (Phi) is 5.87. The van der Waals surface area contributed by atoms with Crippen molar-refractivity contribution in [2.45, 2.75) is 45.1 Å². The monoisotopic (exact) mass is 379 g/mol. The van der Waals surface area contributed by atoms with Crippen LogP contribution in [-0.4, -0.2) is 57.7 Å². The molecule has 2 aliphatic heterocycles. The Bertz CT molecular complexity index is 763. The van der Waals surface area contributed by atoms with Crippen LogP contribution in [0.4, 0.5) is 5.69 Å². The second kappa shape index (κ2) is 7.96. The Balaban J connectivity index is 1.51. The lowest BCUT2D eigenvalue weighted by Crippen LogP contribution is -2.39. The molecule has 3 rings (SSSR count). The van der Waals surface area contributed by atoms with Crippen LogP contribution >= 0.6 is 0 Å². The van der Waals surface area contributed by atoms with Crippen LogP contribution in [0.1, 0.15) is 48.5 Å². The fraction of sp³-hybridized carbons (Fsp3) is 0.632. The van der Waals surface area contributed by atoms with E-state index in [9.17, 15) is 13.2 Å². The second-order valence-corrected chi connectivity index (χ2v) is 9.33. The van der Waals surface area contributed by atoms with Gasteiger partial charge in [0.25, 0.3) is 5.91 Å². The molecule has 0 bridgehead atoms. The van der Waals surface area contributed by atoms with Gasteiger partial charge in [0, 0.05) is 31.2 Å². The van der Waals surface area contributed by atoms with Crippen LogP contribution in [0.25, 0.3) is 0 Å². The zero-order valence-electron chi connectivity index (χ0n) is 15.7. The number of sulfonamides is 1. The van der Waals surface area contributed by atoms with Crippen LogP contribution in [0, 0.1) is 0 Å². The highest BCUT2D eigenvalue weighted by atomic mass is 32.2. The quantitative estimate of drug-likeness (QED) is 0.768. The number of rotatable bonds is 6. The summed E-state index contributed by atoms with van der Waals surface area (Å²) in [5.74, 6) is -0.0858. The molecule has 1 atom stereocenters. The van der Waals surface area contributed by atoms with Gasteiger partial charge in [0.2, 0.25) is 10.0 Å². The summed E-state index contributed by atoms with van der Waals surface area (Å²) < 4.78 is 25.0. The Morgan fingerprint density at radius 1 is 1.27 bits per heavy atom. The van der Waals surface area contributed by atoms with E-state index in [4.69, 9.17) is 0 Å². The molecule has 1 N–H and O–H groups in total. The number of fused-ring (bicyclic) bond motifs is 1. The van der Waals surface area contributed by atoms with Crippen LogP contribution in [0.3, 0.4) is 0 Å². The summed E-state index contributed by atoms with van der Waals surface area (Å²) in [6.45, 7) is 5.58. The first-order valence-corrected chi connectivity index (χ1v) is 11.3. The molecule has 7 heteroatoms. The molecule has 1 amide bonds. The first kappa shape index (κ1) is 19.2. The SMILES string of the molecule is CC1CCCCN1CCCNC(=O)c1ccc2c(c1)CCN2S(C)(=O)=O. The van der Waals surface area contributed by atoms with Gasteiger partial charge in [-0.2, -0.15) is 0 Å². The van der Waals surface area contributed by atoms with E-state index in [-0.39, 0.29) is 5.91 Å². The summed E-state index contributed by atoms with van der Waals surface area (Å²) in [5.41, 5.74) is 2.22. The van der Waals surface area contributed by atoms with Crippen molar-refractivity contribution in [1.29, 1.82) is 0 Å². The largest absolute Gasteiger partial charge is 0.352 e. The first-order valence-electron chi connectivity index (χ1n) is 9.49. The van der Waals surface area contributed by atoms with E-state index in [2.05, 4.69) is 17.1 Å². The van der Waals surface area contributed by atoms with Gasteiger partial charge in [0.1, 0.15) is 0 Å². The van der Waals surface area contributed by atoms with Gasteiger partial charge in [-0.1, -0.05) is 6.42 Å². The molecule has 1 saturated heterocycles. The lowest BCUT2D eigenvalue weighted by molar-refractivity contribution is 0.0949. The number of hydrogen-bond acceptors (Lipinski definition) is 4. The van der Waals surface area contributed by atoms with Gasteiger partial charge in [0.15, 0.2) is 0 Å². The van der Waals surface area contributed by atoms with E-state index in [0.29, 0.717) is 36.8 Å². The lowest BCUT2D eigenvalue weighted by Gasteiger charge is -2.33. The molecule has 0 spiro atoms. The van der Waals surface area contributed by atoms with E-state index in [1.54, 1.807) is 12.1 Å². The normalized spacial score (nSPS) is 20.8. The Morgan fingerprint density at radius 2 is 2.08 bits per heavy atom. The van der Waals surface area contributed by atoms with Crippen LogP contribution in [-0.2, 0) is 16.4 Å². The number of carbonyl (C=O) groups excluding carboxylic acids is 1. The summed E-state index contributed by atoms with van der Waals surface area (Å²) >= 11 is 0. The topological polar surface area (TPSA) is 69.7 Å². The first-order chi connectivity index (χ1) is 12.4. The highest BCUT2D eigenvalue weighted by Crippen LogP contribution is 2.30. The number of benzene rings is 1. The van der Waals surface area contributed by atoms with Gasteiger partial charge in [-0.25, -0.2) is 8.42 Å². The third kappa shape index (κ3) is 4.38. The van der Waals surface area contributed by atoms with Gasteiger partial charge < -0.3 is 10.2 Å². The minimum atomic E-state index is -3.25. The molecular formula is C19H29N3O3S. The second-order valence-electron chi connectivity index (χ2n) is 7.42. The maximum Gasteiger partial charge on any atom is 0.251 e. The van der Waals surface area contributed by atoms with Gasteiger partial charge in [0.05, 0.1) is 11.9 Å². The summed E-state index contributed by atoms with van der Waals surface area (Å²) in [6.07, 6.45) is 6.68. The van der Waals surface area contributed by atoms with Crippen molar-refractivity contribution in [2.24, 2.45) is 0 Å². The summed E-state index contributed by atoms with van der Waals surface area (Å²) in [6, 6.07) is 5.93. The average Bonchev–Trinajstić information content (AvgIpc) is 3.03. The van der Waals surface area contributed by atoms with Gasteiger partial charge in [-0.3, -0.25) is 9.10 Å². The number of anilines is 1. The molecule has 1 aromatic rings. The fourth-order valence-corrected chi connectivity index (χ4v) is 4.89. The van der Waals surface area contributed by atoms with E-state index in [1.165, 1.54) is 29.8 Å². The molecule has 1 aromatic carbocycles. The molecule has 26 heavy (non-hydrogen) atoms. The third-order valence-electron chi connectivity index (χ3n) is 5.44. The molecule has 2 aliphatic rings. The van der Waals surface area contributed by atoms with Crippen molar-refractivity contribution < 1.29 is 13.2 Å². The molecule has 6 nitrogen and oxygen atoms in total. The predicted molar refractivity (Wildman–Crippen MR) is 104 cm³/mol. The zero-order valence-corrected chi connectivity index (χ0v) is 16.5.